The molecule has 7 nitrogen and oxygen atoms in total. The van der Waals surface area contributed by atoms with Gasteiger partial charge in [-0.1, -0.05) is 0 Å². The number of likely N-dealkylation sites (tertiary alicyclic amines) is 2. The fraction of sp³-hybridized carbons (Fsp3) is 0.500. The maximum absolute atomic E-state index is 14.2. The first-order valence-electron chi connectivity index (χ1n) is 8.53. The topological polar surface area (TPSA) is 87.1 Å². The van der Waals surface area contributed by atoms with Crippen LogP contribution in [-0.2, 0) is 9.59 Å². The van der Waals surface area contributed by atoms with Gasteiger partial charge in [-0.15, -0.1) is 0 Å². The number of hydrogen-bond donors (Lipinski definition) is 1. The average molecular weight is 382 g/mol. The first kappa shape index (κ1) is 19.1. The lowest BCUT2D eigenvalue weighted by Gasteiger charge is -2.45. The summed E-state index contributed by atoms with van der Waals surface area (Å²) in [5.41, 5.74) is -1.27. The van der Waals surface area contributed by atoms with Gasteiger partial charge in [-0.05, 0) is 25.0 Å². The van der Waals surface area contributed by atoms with Gasteiger partial charge in [-0.2, -0.15) is 4.39 Å². The first-order valence-corrected chi connectivity index (χ1v) is 8.53. The number of carboxylic acids is 1. The highest BCUT2D eigenvalue weighted by atomic mass is 19.2. The van der Waals surface area contributed by atoms with E-state index in [0.29, 0.717) is 0 Å². The van der Waals surface area contributed by atoms with Crippen molar-refractivity contribution in [1.82, 2.24) is 9.80 Å². The molecule has 0 saturated carbocycles. The number of halogens is 2. The SMILES string of the molecule is COc1ccc(C(=O)N2CCC3(CC2)[C@@H](C(=O)O)CC(=O)N3C)c(F)c1F. The maximum atomic E-state index is 14.2. The summed E-state index contributed by atoms with van der Waals surface area (Å²) in [6, 6.07) is 2.34. The fourth-order valence-corrected chi connectivity index (χ4v) is 4.11. The summed E-state index contributed by atoms with van der Waals surface area (Å²) >= 11 is 0. The number of benzene rings is 1. The summed E-state index contributed by atoms with van der Waals surface area (Å²) < 4.78 is 32.8. The number of nitrogens with zero attached hydrogens (tertiary/aromatic N) is 2. The number of rotatable bonds is 3. The predicted molar refractivity (Wildman–Crippen MR) is 89.3 cm³/mol. The Bertz CT molecular complexity index is 805. The van der Waals surface area contributed by atoms with Crippen molar-refractivity contribution >= 4 is 17.8 Å². The summed E-state index contributed by atoms with van der Waals surface area (Å²) in [4.78, 5) is 39.0. The molecule has 0 radical (unpaired) electrons. The molecule has 9 heteroatoms. The van der Waals surface area contributed by atoms with Crippen molar-refractivity contribution in [3.8, 4) is 5.75 Å². The third-order valence-corrected chi connectivity index (χ3v) is 5.78. The van der Waals surface area contributed by atoms with E-state index < -0.39 is 40.5 Å². The Labute approximate surface area is 154 Å². The van der Waals surface area contributed by atoms with E-state index in [2.05, 4.69) is 0 Å². The monoisotopic (exact) mass is 382 g/mol. The number of aliphatic carboxylic acids is 1. The highest BCUT2D eigenvalue weighted by Gasteiger charge is 2.55. The molecule has 0 aromatic heterocycles. The van der Waals surface area contributed by atoms with Crippen LogP contribution in [0.1, 0.15) is 29.6 Å². The van der Waals surface area contributed by atoms with E-state index in [1.807, 2.05) is 0 Å². The molecule has 0 bridgehead atoms. The molecule has 3 rings (SSSR count). The van der Waals surface area contributed by atoms with Crippen molar-refractivity contribution in [1.29, 1.82) is 0 Å². The number of carboxylic acid groups (broad SMARTS) is 1. The summed E-state index contributed by atoms with van der Waals surface area (Å²) in [5.74, 6) is -5.62. The highest BCUT2D eigenvalue weighted by Crippen LogP contribution is 2.43. The summed E-state index contributed by atoms with van der Waals surface area (Å²) in [7, 11) is 2.77. The van der Waals surface area contributed by atoms with Crippen LogP contribution in [0.2, 0.25) is 0 Å². The smallest absolute Gasteiger partial charge is 0.309 e. The molecule has 2 amide bonds. The van der Waals surface area contributed by atoms with Crippen molar-refractivity contribution in [2.24, 2.45) is 5.92 Å². The van der Waals surface area contributed by atoms with Crippen molar-refractivity contribution < 1.29 is 33.0 Å². The number of amides is 2. The third kappa shape index (κ3) is 2.90. The number of ether oxygens (including phenoxy) is 1. The van der Waals surface area contributed by atoms with Crippen LogP contribution < -0.4 is 4.74 Å². The van der Waals surface area contributed by atoms with Crippen LogP contribution in [0.3, 0.4) is 0 Å². The van der Waals surface area contributed by atoms with E-state index in [9.17, 15) is 28.3 Å². The van der Waals surface area contributed by atoms with Gasteiger partial charge >= 0.3 is 5.97 Å². The van der Waals surface area contributed by atoms with Gasteiger partial charge in [0.25, 0.3) is 5.91 Å². The molecule has 146 valence electrons. The third-order valence-electron chi connectivity index (χ3n) is 5.78. The van der Waals surface area contributed by atoms with Gasteiger partial charge in [0.15, 0.2) is 11.6 Å². The number of carbonyl (C=O) groups excluding carboxylic acids is 2. The van der Waals surface area contributed by atoms with Crippen molar-refractivity contribution in [2.45, 2.75) is 24.8 Å². The molecular weight excluding hydrogens is 362 g/mol. The largest absolute Gasteiger partial charge is 0.494 e. The first-order chi connectivity index (χ1) is 12.7. The van der Waals surface area contributed by atoms with Gasteiger partial charge in [0.05, 0.1) is 24.1 Å². The lowest BCUT2D eigenvalue weighted by atomic mass is 9.77. The van der Waals surface area contributed by atoms with Gasteiger partial charge in [-0.25, -0.2) is 4.39 Å². The van der Waals surface area contributed by atoms with Crippen LogP contribution in [0.15, 0.2) is 12.1 Å². The molecule has 2 aliphatic heterocycles. The molecule has 2 heterocycles. The van der Waals surface area contributed by atoms with E-state index in [1.54, 1.807) is 7.05 Å². The highest BCUT2D eigenvalue weighted by molar-refractivity contribution is 5.95. The molecule has 2 aliphatic rings. The van der Waals surface area contributed by atoms with E-state index in [4.69, 9.17) is 4.74 Å². The molecular formula is C18H20F2N2O5. The Kier molecular flexibility index (Phi) is 4.79. The summed E-state index contributed by atoms with van der Waals surface area (Å²) in [6.07, 6.45) is 0.453. The molecule has 2 fully saturated rings. The van der Waals surface area contributed by atoms with Gasteiger partial charge < -0.3 is 19.6 Å². The average Bonchev–Trinajstić information content (AvgIpc) is 2.89. The number of methoxy groups -OCH3 is 1. The van der Waals surface area contributed by atoms with E-state index in [1.165, 1.54) is 23.0 Å². The zero-order chi connectivity index (χ0) is 19.9. The van der Waals surface area contributed by atoms with Crippen LogP contribution in [-0.4, -0.2) is 65.5 Å². The second-order valence-electron chi connectivity index (χ2n) is 6.89. The molecule has 1 aromatic rings. The molecule has 1 atom stereocenters. The Hall–Kier alpha value is -2.71. The molecule has 1 aromatic carbocycles. The van der Waals surface area contributed by atoms with Crippen LogP contribution >= 0.6 is 0 Å². The molecule has 0 aliphatic carbocycles. The number of piperidine rings is 1. The number of hydrogen-bond acceptors (Lipinski definition) is 4. The van der Waals surface area contributed by atoms with Gasteiger partial charge in [0.2, 0.25) is 11.7 Å². The standard InChI is InChI=1S/C18H20F2N2O5/c1-21-13(23)9-11(17(25)26)18(21)5-7-22(8-6-18)16(24)10-3-4-12(27-2)15(20)14(10)19/h3-4,11H,5-9H2,1-2H3,(H,25,26)/t11-/m1/s1. The lowest BCUT2D eigenvalue weighted by molar-refractivity contribution is -0.145. The number of carbonyl (C=O) groups is 3. The Morgan fingerprint density at radius 3 is 2.41 bits per heavy atom. The predicted octanol–water partition coefficient (Wildman–Crippen LogP) is 1.51. The van der Waals surface area contributed by atoms with Crippen molar-refractivity contribution in [2.75, 3.05) is 27.2 Å². The zero-order valence-corrected chi connectivity index (χ0v) is 15.0. The molecule has 0 unspecified atom stereocenters. The second kappa shape index (κ2) is 6.79. The van der Waals surface area contributed by atoms with Gasteiger partial charge in [-0.3, -0.25) is 14.4 Å². The van der Waals surface area contributed by atoms with E-state index in [-0.39, 0.29) is 44.0 Å². The summed E-state index contributed by atoms with van der Waals surface area (Å²) in [5, 5.41) is 9.47. The minimum Gasteiger partial charge on any atom is -0.494 e. The van der Waals surface area contributed by atoms with Crippen LogP contribution in [0.25, 0.3) is 0 Å². The van der Waals surface area contributed by atoms with Crippen LogP contribution in [0, 0.1) is 17.6 Å². The molecule has 27 heavy (non-hydrogen) atoms. The Morgan fingerprint density at radius 2 is 1.85 bits per heavy atom. The van der Waals surface area contributed by atoms with Crippen molar-refractivity contribution in [3.63, 3.8) is 0 Å². The van der Waals surface area contributed by atoms with E-state index >= 15 is 0 Å². The normalized spacial score (nSPS) is 21.6. The molecule has 1 spiro atoms. The second-order valence-corrected chi connectivity index (χ2v) is 6.89. The van der Waals surface area contributed by atoms with Crippen molar-refractivity contribution in [3.05, 3.63) is 29.3 Å². The van der Waals surface area contributed by atoms with Gasteiger partial charge in [0.1, 0.15) is 0 Å². The lowest BCUT2D eigenvalue weighted by Crippen LogP contribution is -2.57. The van der Waals surface area contributed by atoms with Gasteiger partial charge in [0, 0.05) is 26.6 Å². The maximum Gasteiger partial charge on any atom is 0.309 e. The van der Waals surface area contributed by atoms with Crippen LogP contribution in [0.5, 0.6) is 5.75 Å². The van der Waals surface area contributed by atoms with Crippen LogP contribution in [0.4, 0.5) is 8.78 Å². The minimum absolute atomic E-state index is 0.0713. The molecule has 2 saturated heterocycles. The Balaban J connectivity index is 1.80. The zero-order valence-electron chi connectivity index (χ0n) is 15.0. The Morgan fingerprint density at radius 1 is 1.22 bits per heavy atom. The summed E-state index contributed by atoms with van der Waals surface area (Å²) in [6.45, 7) is 0.292. The minimum atomic E-state index is -1.28. The van der Waals surface area contributed by atoms with E-state index in [0.717, 1.165) is 6.07 Å². The molecule has 1 N–H and O–H groups in total. The fourth-order valence-electron chi connectivity index (χ4n) is 4.11. The quantitative estimate of drug-likeness (QED) is 0.856.